The number of nitrogens with zero attached hydrogens (tertiary/aromatic N) is 1. The lowest BCUT2D eigenvalue weighted by Gasteiger charge is -2.14. The monoisotopic (exact) mass is 307 g/mol. The number of nitrogens with one attached hydrogen (secondary N) is 1. The number of hydrogen-bond donors (Lipinski definition) is 2. The second-order valence-corrected chi connectivity index (χ2v) is 5.49. The van der Waals surface area contributed by atoms with Crippen LogP contribution in [0.2, 0.25) is 0 Å². The molecule has 1 atom stereocenters. The summed E-state index contributed by atoms with van der Waals surface area (Å²) in [6.45, 7) is 2.41. The van der Waals surface area contributed by atoms with Crippen molar-refractivity contribution in [3.05, 3.63) is 23.4 Å². The Bertz CT molecular complexity index is 480. The van der Waals surface area contributed by atoms with E-state index in [1.54, 1.807) is 11.8 Å². The summed E-state index contributed by atoms with van der Waals surface area (Å²) in [7, 11) is 0. The average molecular weight is 307 g/mol. The van der Waals surface area contributed by atoms with Gasteiger partial charge in [0.25, 0.3) is 5.91 Å². The van der Waals surface area contributed by atoms with Crippen molar-refractivity contribution in [3.8, 4) is 0 Å². The molecule has 1 aromatic rings. The fourth-order valence-corrected chi connectivity index (χ4v) is 1.82. The summed E-state index contributed by atoms with van der Waals surface area (Å²) in [5.41, 5.74) is 4.03. The number of alkyl halides is 3. The number of primary amides is 1. The van der Waals surface area contributed by atoms with E-state index in [1.165, 1.54) is 0 Å². The average Bonchev–Trinajstić information content (AvgIpc) is 2.37. The summed E-state index contributed by atoms with van der Waals surface area (Å²) in [6, 6.07) is 1.79. The second-order valence-electron chi connectivity index (χ2n) is 4.22. The lowest BCUT2D eigenvalue weighted by molar-refractivity contribution is -0.141. The van der Waals surface area contributed by atoms with Gasteiger partial charge in [-0.3, -0.25) is 4.79 Å². The number of thioether (sulfide) groups is 1. The number of nitrogens with two attached hydrogens (primary N) is 1. The Morgan fingerprint density at radius 3 is 2.65 bits per heavy atom. The number of aromatic nitrogens is 1. The summed E-state index contributed by atoms with van der Waals surface area (Å²) in [4.78, 5) is 14.6. The molecule has 1 aromatic heterocycles. The first kappa shape index (κ1) is 16.6. The maximum atomic E-state index is 12.6. The number of halogens is 3. The van der Waals surface area contributed by atoms with Crippen LogP contribution in [0.4, 0.5) is 19.0 Å². The standard InChI is InChI=1S/C12H16F3N3OS/c1-7(20-2)5-6-17-11-8(10(16)19)3-4-9(18-11)12(13,14)15/h3-4,7H,5-6H2,1-2H3,(H2,16,19)(H,17,18). The van der Waals surface area contributed by atoms with Gasteiger partial charge in [-0.25, -0.2) is 4.98 Å². The van der Waals surface area contributed by atoms with Crippen LogP contribution in [0.3, 0.4) is 0 Å². The molecule has 0 saturated heterocycles. The second kappa shape index (κ2) is 6.83. The number of carbonyl (C=O) groups is 1. The molecule has 0 bridgehead atoms. The molecular weight excluding hydrogens is 291 g/mol. The number of carbonyl (C=O) groups excluding carboxylic acids is 1. The fraction of sp³-hybridized carbons (Fsp3) is 0.500. The van der Waals surface area contributed by atoms with E-state index in [2.05, 4.69) is 10.3 Å². The van der Waals surface area contributed by atoms with Gasteiger partial charge in [-0.1, -0.05) is 6.92 Å². The predicted molar refractivity (Wildman–Crippen MR) is 73.8 cm³/mol. The number of anilines is 1. The molecule has 1 heterocycles. The molecule has 1 unspecified atom stereocenters. The summed E-state index contributed by atoms with van der Waals surface area (Å²) >= 11 is 1.65. The first-order valence-corrected chi connectivity index (χ1v) is 7.19. The van der Waals surface area contributed by atoms with Crippen LogP contribution in [0, 0.1) is 0 Å². The third-order valence-corrected chi connectivity index (χ3v) is 3.74. The highest BCUT2D eigenvalue weighted by atomic mass is 32.2. The summed E-state index contributed by atoms with van der Waals surface area (Å²) in [6.07, 6.45) is -1.88. The zero-order valence-corrected chi connectivity index (χ0v) is 11.9. The van der Waals surface area contributed by atoms with Crippen LogP contribution < -0.4 is 11.1 Å². The zero-order valence-electron chi connectivity index (χ0n) is 11.1. The maximum Gasteiger partial charge on any atom is 0.433 e. The highest BCUT2D eigenvalue weighted by Gasteiger charge is 2.33. The van der Waals surface area contributed by atoms with Crippen LogP contribution in [-0.4, -0.2) is 28.9 Å². The highest BCUT2D eigenvalue weighted by molar-refractivity contribution is 7.99. The number of hydrogen-bond acceptors (Lipinski definition) is 4. The maximum absolute atomic E-state index is 12.6. The molecule has 0 aliphatic heterocycles. The Kier molecular flexibility index (Phi) is 5.67. The van der Waals surface area contributed by atoms with Gasteiger partial charge in [0.2, 0.25) is 0 Å². The minimum Gasteiger partial charge on any atom is -0.369 e. The quantitative estimate of drug-likeness (QED) is 0.848. The van der Waals surface area contributed by atoms with Gasteiger partial charge in [-0.15, -0.1) is 0 Å². The molecule has 1 amide bonds. The van der Waals surface area contributed by atoms with Crippen molar-refractivity contribution in [1.29, 1.82) is 0 Å². The molecule has 0 aliphatic carbocycles. The molecule has 3 N–H and O–H groups in total. The number of pyridine rings is 1. The third-order valence-electron chi connectivity index (χ3n) is 2.70. The Labute approximate surface area is 119 Å². The van der Waals surface area contributed by atoms with Crippen LogP contribution in [0.25, 0.3) is 0 Å². The van der Waals surface area contributed by atoms with E-state index in [-0.39, 0.29) is 11.4 Å². The van der Waals surface area contributed by atoms with E-state index < -0.39 is 17.8 Å². The minimum atomic E-state index is -4.56. The third kappa shape index (κ3) is 4.59. The van der Waals surface area contributed by atoms with Crippen molar-refractivity contribution < 1.29 is 18.0 Å². The summed E-state index contributed by atoms with van der Waals surface area (Å²) in [5, 5.41) is 3.10. The van der Waals surface area contributed by atoms with Gasteiger partial charge >= 0.3 is 6.18 Å². The van der Waals surface area contributed by atoms with E-state index in [0.717, 1.165) is 18.6 Å². The lowest BCUT2D eigenvalue weighted by atomic mass is 10.2. The molecule has 0 saturated carbocycles. The lowest BCUT2D eigenvalue weighted by Crippen LogP contribution is -2.19. The minimum absolute atomic E-state index is 0.0465. The molecular formula is C12H16F3N3OS. The first-order chi connectivity index (χ1) is 9.25. The normalized spacial score (nSPS) is 13.1. The Morgan fingerprint density at radius 1 is 1.50 bits per heavy atom. The van der Waals surface area contributed by atoms with E-state index in [4.69, 9.17) is 5.73 Å². The van der Waals surface area contributed by atoms with Gasteiger partial charge in [-0.05, 0) is 24.8 Å². The molecule has 0 radical (unpaired) electrons. The van der Waals surface area contributed by atoms with Gasteiger partial charge in [0.1, 0.15) is 11.5 Å². The number of amides is 1. The van der Waals surface area contributed by atoms with Gasteiger partial charge in [0.05, 0.1) is 5.56 Å². The van der Waals surface area contributed by atoms with Gasteiger partial charge < -0.3 is 11.1 Å². The molecule has 1 rings (SSSR count). The molecule has 0 spiro atoms. The van der Waals surface area contributed by atoms with Crippen LogP contribution in [0.15, 0.2) is 12.1 Å². The van der Waals surface area contributed by atoms with Crippen molar-refractivity contribution in [1.82, 2.24) is 4.98 Å². The summed E-state index contributed by atoms with van der Waals surface area (Å²) < 4.78 is 37.8. The predicted octanol–water partition coefficient (Wildman–Crippen LogP) is 2.75. The number of rotatable bonds is 6. The molecule has 0 aromatic carbocycles. The van der Waals surface area contributed by atoms with Crippen molar-refractivity contribution in [2.24, 2.45) is 5.73 Å². The molecule has 0 fully saturated rings. The highest BCUT2D eigenvalue weighted by Crippen LogP contribution is 2.29. The Balaban J connectivity index is 2.92. The van der Waals surface area contributed by atoms with Gasteiger partial charge in [-0.2, -0.15) is 24.9 Å². The van der Waals surface area contributed by atoms with Crippen LogP contribution >= 0.6 is 11.8 Å². The van der Waals surface area contributed by atoms with Crippen molar-refractivity contribution >= 4 is 23.5 Å². The van der Waals surface area contributed by atoms with E-state index in [9.17, 15) is 18.0 Å². The Morgan fingerprint density at radius 2 is 2.15 bits per heavy atom. The van der Waals surface area contributed by atoms with Crippen molar-refractivity contribution in [2.45, 2.75) is 24.8 Å². The SMILES string of the molecule is CSC(C)CCNc1nc(C(F)(F)F)ccc1C(N)=O. The largest absolute Gasteiger partial charge is 0.433 e. The molecule has 4 nitrogen and oxygen atoms in total. The van der Waals surface area contributed by atoms with E-state index in [1.807, 2.05) is 13.2 Å². The molecule has 0 aliphatic rings. The van der Waals surface area contributed by atoms with Crippen molar-refractivity contribution in [3.63, 3.8) is 0 Å². The molecule has 8 heteroatoms. The van der Waals surface area contributed by atoms with Crippen LogP contribution in [0.1, 0.15) is 29.4 Å². The van der Waals surface area contributed by atoms with Crippen LogP contribution in [0.5, 0.6) is 0 Å². The smallest absolute Gasteiger partial charge is 0.369 e. The molecule has 20 heavy (non-hydrogen) atoms. The first-order valence-electron chi connectivity index (χ1n) is 5.90. The fourth-order valence-electron chi connectivity index (χ4n) is 1.46. The van der Waals surface area contributed by atoms with E-state index >= 15 is 0 Å². The van der Waals surface area contributed by atoms with Gasteiger partial charge in [0.15, 0.2) is 0 Å². The topological polar surface area (TPSA) is 68.0 Å². The summed E-state index contributed by atoms with van der Waals surface area (Å²) in [5.74, 6) is -0.938. The molecule has 112 valence electrons. The zero-order chi connectivity index (χ0) is 15.3. The van der Waals surface area contributed by atoms with Gasteiger partial charge in [0, 0.05) is 11.8 Å². The van der Waals surface area contributed by atoms with E-state index in [0.29, 0.717) is 11.8 Å². The Hall–Kier alpha value is -1.44. The van der Waals surface area contributed by atoms with Crippen molar-refractivity contribution in [2.75, 3.05) is 18.1 Å². The van der Waals surface area contributed by atoms with Crippen LogP contribution in [-0.2, 0) is 6.18 Å².